The highest BCUT2D eigenvalue weighted by atomic mass is 14.6. The molecule has 0 bridgehead atoms. The largest absolute Gasteiger partial charge is 0.399 e. The monoisotopic (exact) mass is 251 g/mol. The molecule has 0 heterocycles. The number of hydrogen-bond acceptors (Lipinski definition) is 1. The molecule has 0 aromatic heterocycles. The van der Waals surface area contributed by atoms with Gasteiger partial charge in [0.15, 0.2) is 0 Å². The van der Waals surface area contributed by atoms with Gasteiger partial charge in [-0.15, -0.1) is 0 Å². The number of benzene rings is 1. The highest BCUT2D eigenvalue weighted by molar-refractivity contribution is 5.62. The summed E-state index contributed by atoms with van der Waals surface area (Å²) in [6.45, 7) is 2.41. The number of nitrogens with two attached hydrogens (primary N) is 1. The van der Waals surface area contributed by atoms with E-state index in [4.69, 9.17) is 5.73 Å². The van der Waals surface area contributed by atoms with Gasteiger partial charge >= 0.3 is 0 Å². The lowest BCUT2D eigenvalue weighted by atomic mass is 9.68. The Labute approximate surface area is 115 Å². The van der Waals surface area contributed by atoms with E-state index in [1.165, 1.54) is 25.7 Å². The van der Waals surface area contributed by atoms with Crippen molar-refractivity contribution in [2.24, 2.45) is 5.73 Å². The highest BCUT2D eigenvalue weighted by Gasteiger charge is 2.54. The minimum absolute atomic E-state index is 0.184. The van der Waals surface area contributed by atoms with E-state index in [9.17, 15) is 0 Å². The van der Waals surface area contributed by atoms with Crippen molar-refractivity contribution in [2.75, 3.05) is 0 Å². The molecule has 1 heteroatoms. The molecule has 0 saturated heterocycles. The number of allylic oxidation sites excluding steroid dienone is 3. The first-order valence-electron chi connectivity index (χ1n) is 7.45. The minimum Gasteiger partial charge on any atom is -0.399 e. The normalized spacial score (nSPS) is 30.8. The van der Waals surface area contributed by atoms with Gasteiger partial charge in [-0.1, -0.05) is 50.1 Å². The van der Waals surface area contributed by atoms with Gasteiger partial charge < -0.3 is 5.73 Å². The summed E-state index contributed by atoms with van der Waals surface area (Å²) >= 11 is 0. The molecule has 3 aliphatic rings. The Bertz CT molecular complexity index is 602. The summed E-state index contributed by atoms with van der Waals surface area (Å²) in [5, 5.41) is 0. The lowest BCUT2D eigenvalue weighted by molar-refractivity contribution is 0.463. The number of rotatable bonds is 0. The Morgan fingerprint density at radius 1 is 1.05 bits per heavy atom. The molecule has 1 aromatic rings. The molecule has 0 aliphatic heterocycles. The van der Waals surface area contributed by atoms with Gasteiger partial charge in [-0.2, -0.15) is 0 Å². The minimum atomic E-state index is 0.184. The van der Waals surface area contributed by atoms with Crippen molar-refractivity contribution in [1.29, 1.82) is 0 Å². The van der Waals surface area contributed by atoms with Crippen LogP contribution in [0, 0.1) is 0 Å². The van der Waals surface area contributed by atoms with Crippen LogP contribution >= 0.6 is 0 Å². The Morgan fingerprint density at radius 2 is 1.74 bits per heavy atom. The molecule has 1 unspecified atom stereocenters. The lowest BCUT2D eigenvalue weighted by Gasteiger charge is -2.36. The summed E-state index contributed by atoms with van der Waals surface area (Å²) in [7, 11) is 0. The molecule has 0 radical (unpaired) electrons. The van der Waals surface area contributed by atoms with E-state index < -0.39 is 0 Å². The van der Waals surface area contributed by atoms with Crippen LogP contribution in [-0.2, 0) is 10.8 Å². The number of hydrogen-bond donors (Lipinski definition) is 1. The van der Waals surface area contributed by atoms with E-state index in [0.717, 1.165) is 12.1 Å². The molecular weight excluding hydrogens is 230 g/mol. The average Bonchev–Trinajstić information content (AvgIpc) is 2.98. The molecule has 0 amide bonds. The first-order chi connectivity index (χ1) is 9.17. The van der Waals surface area contributed by atoms with E-state index in [0.29, 0.717) is 5.41 Å². The Morgan fingerprint density at radius 3 is 2.47 bits per heavy atom. The quantitative estimate of drug-likeness (QED) is 0.742. The van der Waals surface area contributed by atoms with Crippen molar-refractivity contribution < 1.29 is 0 Å². The van der Waals surface area contributed by atoms with Gasteiger partial charge in [0.1, 0.15) is 0 Å². The van der Waals surface area contributed by atoms with Crippen molar-refractivity contribution in [3.8, 4) is 0 Å². The third-order valence-corrected chi connectivity index (χ3v) is 5.66. The molecule has 98 valence electrons. The van der Waals surface area contributed by atoms with Gasteiger partial charge in [-0.25, -0.2) is 0 Å². The van der Waals surface area contributed by atoms with Crippen molar-refractivity contribution in [1.82, 2.24) is 0 Å². The summed E-state index contributed by atoms with van der Waals surface area (Å²) < 4.78 is 0. The predicted molar refractivity (Wildman–Crippen MR) is 78.9 cm³/mol. The van der Waals surface area contributed by atoms with Crippen LogP contribution in [0.25, 0.3) is 0 Å². The zero-order chi connectivity index (χ0) is 13.1. The van der Waals surface area contributed by atoms with E-state index in [1.54, 1.807) is 16.7 Å². The molecule has 1 nitrogen and oxygen atoms in total. The third kappa shape index (κ3) is 1.26. The molecule has 3 aliphatic carbocycles. The molecule has 1 spiro atoms. The molecule has 2 N–H and O–H groups in total. The van der Waals surface area contributed by atoms with E-state index in [-0.39, 0.29) is 5.41 Å². The predicted octanol–water partition coefficient (Wildman–Crippen LogP) is 3.94. The molecule has 4 rings (SSSR count). The summed E-state index contributed by atoms with van der Waals surface area (Å²) in [5.41, 5.74) is 12.3. The van der Waals surface area contributed by atoms with Crippen LogP contribution in [0.2, 0.25) is 0 Å². The highest BCUT2D eigenvalue weighted by Crippen LogP contribution is 2.62. The van der Waals surface area contributed by atoms with Crippen LogP contribution in [0.1, 0.15) is 50.2 Å². The second-order valence-corrected chi connectivity index (χ2v) is 6.63. The van der Waals surface area contributed by atoms with Gasteiger partial charge in [-0.05, 0) is 42.0 Å². The third-order valence-electron chi connectivity index (χ3n) is 5.66. The first kappa shape index (κ1) is 11.3. The first-order valence-corrected chi connectivity index (χ1v) is 7.45. The van der Waals surface area contributed by atoms with Crippen LogP contribution in [-0.4, -0.2) is 0 Å². The van der Waals surface area contributed by atoms with Gasteiger partial charge in [0.25, 0.3) is 0 Å². The zero-order valence-corrected chi connectivity index (χ0v) is 11.6. The maximum absolute atomic E-state index is 6.12. The zero-order valence-electron chi connectivity index (χ0n) is 11.6. The maximum atomic E-state index is 6.12. The van der Waals surface area contributed by atoms with Gasteiger partial charge in [0.05, 0.1) is 0 Å². The van der Waals surface area contributed by atoms with Crippen LogP contribution in [0.15, 0.2) is 47.7 Å². The lowest BCUT2D eigenvalue weighted by Crippen LogP contribution is -2.31. The molecule has 1 aromatic carbocycles. The second kappa shape index (κ2) is 3.53. The van der Waals surface area contributed by atoms with Gasteiger partial charge in [0.2, 0.25) is 0 Å². The van der Waals surface area contributed by atoms with Crippen molar-refractivity contribution >= 4 is 0 Å². The Kier molecular flexibility index (Phi) is 2.11. The topological polar surface area (TPSA) is 26.0 Å². The maximum Gasteiger partial charge on any atom is 0.0274 e. The molecule has 1 fully saturated rings. The fraction of sp³-hybridized carbons (Fsp3) is 0.444. The van der Waals surface area contributed by atoms with Crippen molar-refractivity contribution in [2.45, 2.75) is 49.9 Å². The Balaban J connectivity index is 2.03. The van der Waals surface area contributed by atoms with Crippen LogP contribution in [0.3, 0.4) is 0 Å². The SMILES string of the molecule is CC12CC=C(N)C=C1C1(CCCC1)c1ccccc12. The summed E-state index contributed by atoms with van der Waals surface area (Å²) in [6.07, 6.45) is 10.9. The summed E-state index contributed by atoms with van der Waals surface area (Å²) in [5.74, 6) is 0. The standard InChI is InChI=1S/C18H21N/c1-17-11-8-13(19)12-16(17)18(9-4-5-10-18)15-7-3-2-6-14(15)17/h2-3,6-8,12H,4-5,9-11,19H2,1H3. The summed E-state index contributed by atoms with van der Waals surface area (Å²) in [6, 6.07) is 9.10. The summed E-state index contributed by atoms with van der Waals surface area (Å²) in [4.78, 5) is 0. The number of fused-ring (bicyclic) bond motifs is 5. The van der Waals surface area contributed by atoms with Gasteiger partial charge in [0, 0.05) is 16.5 Å². The van der Waals surface area contributed by atoms with E-state index in [2.05, 4.69) is 43.3 Å². The van der Waals surface area contributed by atoms with E-state index in [1.807, 2.05) is 0 Å². The van der Waals surface area contributed by atoms with E-state index >= 15 is 0 Å². The Hall–Kier alpha value is -1.50. The van der Waals surface area contributed by atoms with Crippen LogP contribution in [0.4, 0.5) is 0 Å². The van der Waals surface area contributed by atoms with Crippen molar-refractivity contribution in [3.63, 3.8) is 0 Å². The smallest absolute Gasteiger partial charge is 0.0274 e. The second-order valence-electron chi connectivity index (χ2n) is 6.63. The van der Waals surface area contributed by atoms with Crippen molar-refractivity contribution in [3.05, 3.63) is 58.8 Å². The molecule has 1 atom stereocenters. The van der Waals surface area contributed by atoms with Gasteiger partial charge in [-0.3, -0.25) is 0 Å². The fourth-order valence-corrected chi connectivity index (χ4v) is 4.78. The fourth-order valence-electron chi connectivity index (χ4n) is 4.78. The molecule has 1 saturated carbocycles. The van der Waals surface area contributed by atoms with Crippen LogP contribution < -0.4 is 5.73 Å². The average molecular weight is 251 g/mol. The molecule has 19 heavy (non-hydrogen) atoms. The molecular formula is C18H21N. The van der Waals surface area contributed by atoms with Crippen LogP contribution in [0.5, 0.6) is 0 Å².